The average molecular weight is 191 g/mol. The minimum Gasteiger partial charge on any atom is -0.483 e. The van der Waals surface area contributed by atoms with Gasteiger partial charge >= 0.3 is 0 Å². The van der Waals surface area contributed by atoms with E-state index in [0.29, 0.717) is 5.88 Å². The molecule has 0 amide bonds. The predicted octanol–water partition coefficient (Wildman–Crippen LogP) is 2.54. The maximum Gasteiger partial charge on any atom is 0.181 e. The lowest BCUT2D eigenvalue weighted by Crippen LogP contribution is -2.17. The van der Waals surface area contributed by atoms with Crippen molar-refractivity contribution in [1.82, 2.24) is 4.90 Å². The summed E-state index contributed by atoms with van der Waals surface area (Å²) in [6.07, 6.45) is 0. The molecule has 1 aromatic carbocycles. The van der Waals surface area contributed by atoms with E-state index in [9.17, 15) is 0 Å². The summed E-state index contributed by atoms with van der Waals surface area (Å²) in [5, 5.41) is 0. The van der Waals surface area contributed by atoms with Gasteiger partial charge in [-0.3, -0.25) is 0 Å². The van der Waals surface area contributed by atoms with Crippen molar-refractivity contribution in [2.75, 3.05) is 14.2 Å². The van der Waals surface area contributed by atoms with Crippen LogP contribution in [0.1, 0.15) is 11.1 Å². The zero-order chi connectivity index (χ0) is 10.6. The molecule has 0 aromatic heterocycles. The summed E-state index contributed by atoms with van der Waals surface area (Å²) in [7, 11) is 3.60. The summed E-state index contributed by atoms with van der Waals surface area (Å²) in [6.45, 7) is 6.72. The van der Waals surface area contributed by atoms with E-state index in [1.807, 2.05) is 11.9 Å². The standard InChI is InChI=1S/C12H17NO/c1-10-6-5-7-12(8-10)9-13(3)11(2)14-4/h5-8H,2,9H2,1,3-4H3. The van der Waals surface area contributed by atoms with Crippen LogP contribution in [0.2, 0.25) is 0 Å². The molecule has 0 N–H and O–H groups in total. The molecular formula is C12H17NO. The molecule has 1 rings (SSSR count). The number of ether oxygens (including phenoxy) is 1. The second-order valence-corrected chi connectivity index (χ2v) is 3.44. The van der Waals surface area contributed by atoms with E-state index in [1.165, 1.54) is 11.1 Å². The number of rotatable bonds is 4. The molecule has 2 nitrogen and oxygen atoms in total. The van der Waals surface area contributed by atoms with Gasteiger partial charge in [-0.2, -0.15) is 0 Å². The van der Waals surface area contributed by atoms with Gasteiger partial charge in [-0.25, -0.2) is 0 Å². The van der Waals surface area contributed by atoms with Crippen LogP contribution in [0.15, 0.2) is 36.7 Å². The van der Waals surface area contributed by atoms with Crippen LogP contribution in [-0.4, -0.2) is 19.1 Å². The zero-order valence-electron chi connectivity index (χ0n) is 9.08. The molecule has 0 saturated carbocycles. The van der Waals surface area contributed by atoms with E-state index in [1.54, 1.807) is 7.11 Å². The number of hydrogen-bond acceptors (Lipinski definition) is 2. The van der Waals surface area contributed by atoms with Crippen LogP contribution in [0.25, 0.3) is 0 Å². The highest BCUT2D eigenvalue weighted by Crippen LogP contribution is 2.09. The van der Waals surface area contributed by atoms with E-state index in [2.05, 4.69) is 37.8 Å². The van der Waals surface area contributed by atoms with Crippen LogP contribution in [0.3, 0.4) is 0 Å². The SMILES string of the molecule is C=C(OC)N(C)Cc1cccc(C)c1. The van der Waals surface area contributed by atoms with Crippen LogP contribution in [0, 0.1) is 6.92 Å². The van der Waals surface area contributed by atoms with Crippen molar-refractivity contribution in [3.8, 4) is 0 Å². The molecule has 0 heterocycles. The summed E-state index contributed by atoms with van der Waals surface area (Å²) >= 11 is 0. The van der Waals surface area contributed by atoms with Gasteiger partial charge in [0, 0.05) is 13.6 Å². The number of benzene rings is 1. The third-order valence-corrected chi connectivity index (χ3v) is 2.16. The topological polar surface area (TPSA) is 12.5 Å². The fraction of sp³-hybridized carbons (Fsp3) is 0.333. The molecule has 0 bridgehead atoms. The van der Waals surface area contributed by atoms with Gasteiger partial charge in [0.1, 0.15) is 0 Å². The monoisotopic (exact) mass is 191 g/mol. The molecule has 0 aliphatic rings. The lowest BCUT2D eigenvalue weighted by atomic mass is 10.1. The van der Waals surface area contributed by atoms with E-state index < -0.39 is 0 Å². The molecule has 0 saturated heterocycles. The molecule has 0 fully saturated rings. The number of hydrogen-bond donors (Lipinski definition) is 0. The Bertz CT molecular complexity index is 320. The van der Waals surface area contributed by atoms with Gasteiger partial charge < -0.3 is 9.64 Å². The highest BCUT2D eigenvalue weighted by Gasteiger charge is 2.02. The quantitative estimate of drug-likeness (QED) is 0.678. The van der Waals surface area contributed by atoms with E-state index in [4.69, 9.17) is 4.74 Å². The first-order valence-corrected chi connectivity index (χ1v) is 4.63. The molecule has 14 heavy (non-hydrogen) atoms. The molecular weight excluding hydrogens is 174 g/mol. The third kappa shape index (κ3) is 2.80. The predicted molar refractivity (Wildman–Crippen MR) is 58.8 cm³/mol. The Kier molecular flexibility index (Phi) is 3.57. The summed E-state index contributed by atoms with van der Waals surface area (Å²) in [5.74, 6) is 0.687. The Hall–Kier alpha value is -1.44. The normalized spacial score (nSPS) is 9.64. The van der Waals surface area contributed by atoms with Crippen molar-refractivity contribution >= 4 is 0 Å². The molecule has 0 atom stereocenters. The fourth-order valence-electron chi connectivity index (χ4n) is 1.33. The first-order valence-electron chi connectivity index (χ1n) is 4.63. The maximum absolute atomic E-state index is 5.05. The summed E-state index contributed by atoms with van der Waals surface area (Å²) in [6, 6.07) is 8.43. The van der Waals surface area contributed by atoms with Crippen molar-refractivity contribution in [2.24, 2.45) is 0 Å². The third-order valence-electron chi connectivity index (χ3n) is 2.16. The van der Waals surface area contributed by atoms with Crippen LogP contribution >= 0.6 is 0 Å². The molecule has 0 aliphatic heterocycles. The smallest absolute Gasteiger partial charge is 0.181 e. The Morgan fingerprint density at radius 2 is 2.21 bits per heavy atom. The van der Waals surface area contributed by atoms with E-state index in [0.717, 1.165) is 6.54 Å². The maximum atomic E-state index is 5.05. The molecule has 76 valence electrons. The van der Waals surface area contributed by atoms with E-state index in [-0.39, 0.29) is 0 Å². The van der Waals surface area contributed by atoms with Crippen molar-refractivity contribution in [2.45, 2.75) is 13.5 Å². The number of methoxy groups -OCH3 is 1. The highest BCUT2D eigenvalue weighted by atomic mass is 16.5. The zero-order valence-corrected chi connectivity index (χ0v) is 9.08. The van der Waals surface area contributed by atoms with Crippen LogP contribution in [-0.2, 0) is 11.3 Å². The van der Waals surface area contributed by atoms with Gasteiger partial charge in [-0.1, -0.05) is 29.8 Å². The summed E-state index contributed by atoms with van der Waals surface area (Å²) < 4.78 is 5.05. The molecule has 1 aromatic rings. The second kappa shape index (κ2) is 4.70. The Balaban J connectivity index is 2.64. The molecule has 0 spiro atoms. The van der Waals surface area contributed by atoms with Crippen LogP contribution in [0.5, 0.6) is 0 Å². The van der Waals surface area contributed by atoms with Crippen LogP contribution < -0.4 is 0 Å². The lowest BCUT2D eigenvalue weighted by molar-refractivity contribution is 0.172. The minimum atomic E-state index is 0.687. The van der Waals surface area contributed by atoms with Gasteiger partial charge in [-0.05, 0) is 19.1 Å². The van der Waals surface area contributed by atoms with Crippen molar-refractivity contribution in [3.63, 3.8) is 0 Å². The van der Waals surface area contributed by atoms with Gasteiger partial charge in [-0.15, -0.1) is 0 Å². The number of aryl methyl sites for hydroxylation is 1. The molecule has 0 unspecified atom stereocenters. The first kappa shape index (κ1) is 10.6. The summed E-state index contributed by atoms with van der Waals surface area (Å²) in [4.78, 5) is 1.98. The van der Waals surface area contributed by atoms with Gasteiger partial charge in [0.25, 0.3) is 0 Å². The second-order valence-electron chi connectivity index (χ2n) is 3.44. The van der Waals surface area contributed by atoms with Crippen molar-refractivity contribution < 1.29 is 4.74 Å². The Morgan fingerprint density at radius 1 is 1.50 bits per heavy atom. The highest BCUT2D eigenvalue weighted by molar-refractivity contribution is 5.22. The fourth-order valence-corrected chi connectivity index (χ4v) is 1.33. The van der Waals surface area contributed by atoms with Gasteiger partial charge in [0.05, 0.1) is 7.11 Å². The van der Waals surface area contributed by atoms with Crippen molar-refractivity contribution in [1.29, 1.82) is 0 Å². The Morgan fingerprint density at radius 3 is 2.79 bits per heavy atom. The summed E-state index contributed by atoms with van der Waals surface area (Å²) in [5.41, 5.74) is 2.55. The minimum absolute atomic E-state index is 0.687. The van der Waals surface area contributed by atoms with Gasteiger partial charge in [0.2, 0.25) is 0 Å². The largest absolute Gasteiger partial charge is 0.483 e. The van der Waals surface area contributed by atoms with E-state index >= 15 is 0 Å². The Labute approximate surface area is 85.8 Å². The lowest BCUT2D eigenvalue weighted by Gasteiger charge is -2.20. The molecule has 2 heteroatoms. The van der Waals surface area contributed by atoms with Crippen LogP contribution in [0.4, 0.5) is 0 Å². The van der Waals surface area contributed by atoms with Gasteiger partial charge in [0.15, 0.2) is 5.88 Å². The first-order chi connectivity index (χ1) is 6.63. The molecule has 0 aliphatic carbocycles. The average Bonchev–Trinajstić information content (AvgIpc) is 2.16. The molecule has 0 radical (unpaired) electrons. The number of nitrogens with zero attached hydrogens (tertiary/aromatic N) is 1. The van der Waals surface area contributed by atoms with Crippen molar-refractivity contribution in [3.05, 3.63) is 47.9 Å².